The van der Waals surface area contributed by atoms with Gasteiger partial charge in [0, 0.05) is 0 Å². The maximum Gasteiger partial charge on any atom is -0.0130 e. The summed E-state index contributed by atoms with van der Waals surface area (Å²) in [5.74, 6) is 4.41. The van der Waals surface area contributed by atoms with Crippen molar-refractivity contribution in [3.05, 3.63) is 11.1 Å². The molecule has 3 fully saturated rings. The normalized spacial score (nSPS) is 64.5. The van der Waals surface area contributed by atoms with E-state index in [1.54, 1.807) is 30.4 Å². The number of rotatable bonds is 0. The van der Waals surface area contributed by atoms with Crippen LogP contribution in [0, 0.1) is 29.1 Å². The molecule has 4 aliphatic carbocycles. The average molecular weight is 160 g/mol. The van der Waals surface area contributed by atoms with Crippen LogP contribution in [0.4, 0.5) is 0 Å². The highest BCUT2D eigenvalue weighted by molar-refractivity contribution is 5.42. The molecule has 64 valence electrons. The lowest BCUT2D eigenvalue weighted by Gasteiger charge is -2.76. The van der Waals surface area contributed by atoms with Gasteiger partial charge in [-0.25, -0.2) is 0 Å². The fourth-order valence-electron chi connectivity index (χ4n) is 5.09. The first-order valence-electron chi connectivity index (χ1n) is 5.43. The minimum Gasteiger partial charge on any atom is -0.0707 e. The molecule has 0 amide bonds. The molecule has 0 saturated heterocycles. The Labute approximate surface area is 74.0 Å². The summed E-state index contributed by atoms with van der Waals surface area (Å²) in [5, 5.41) is 0. The highest BCUT2D eigenvalue weighted by Crippen LogP contribution is 2.84. The molecule has 3 saturated carbocycles. The van der Waals surface area contributed by atoms with Crippen LogP contribution in [0.15, 0.2) is 11.1 Å². The van der Waals surface area contributed by atoms with Crippen LogP contribution in [0.5, 0.6) is 0 Å². The first-order valence-corrected chi connectivity index (χ1v) is 5.43. The van der Waals surface area contributed by atoms with E-state index in [2.05, 4.69) is 13.8 Å². The van der Waals surface area contributed by atoms with Crippen molar-refractivity contribution in [1.82, 2.24) is 0 Å². The summed E-state index contributed by atoms with van der Waals surface area (Å²) in [4.78, 5) is 0. The van der Waals surface area contributed by atoms with E-state index in [1.165, 1.54) is 0 Å². The first kappa shape index (κ1) is 6.23. The van der Waals surface area contributed by atoms with E-state index in [1.807, 2.05) is 0 Å². The maximum absolute atomic E-state index is 2.40. The Morgan fingerprint density at radius 2 is 2.08 bits per heavy atom. The zero-order valence-electron chi connectivity index (χ0n) is 7.93. The molecule has 0 aromatic rings. The molecule has 4 rings (SSSR count). The van der Waals surface area contributed by atoms with Gasteiger partial charge < -0.3 is 0 Å². The third kappa shape index (κ3) is 0.341. The summed E-state index contributed by atoms with van der Waals surface area (Å²) in [7, 11) is 0. The van der Waals surface area contributed by atoms with Crippen LogP contribution in [0.2, 0.25) is 0 Å². The zero-order valence-corrected chi connectivity index (χ0v) is 7.93. The molecule has 12 heavy (non-hydrogen) atoms. The van der Waals surface area contributed by atoms with E-state index >= 15 is 0 Å². The van der Waals surface area contributed by atoms with Crippen LogP contribution in [0.25, 0.3) is 0 Å². The summed E-state index contributed by atoms with van der Waals surface area (Å²) < 4.78 is 0. The Bertz CT molecular complexity index is 312. The molecule has 4 aliphatic rings. The van der Waals surface area contributed by atoms with Crippen molar-refractivity contribution in [2.24, 2.45) is 29.1 Å². The molecule has 5 unspecified atom stereocenters. The van der Waals surface area contributed by atoms with Crippen molar-refractivity contribution >= 4 is 0 Å². The van der Waals surface area contributed by atoms with Gasteiger partial charge >= 0.3 is 0 Å². The fourth-order valence-corrected chi connectivity index (χ4v) is 5.09. The van der Waals surface area contributed by atoms with Crippen LogP contribution in [0.1, 0.15) is 33.1 Å². The fraction of sp³-hybridized carbons (Fsp3) is 0.833. The van der Waals surface area contributed by atoms with Crippen molar-refractivity contribution in [3.63, 3.8) is 0 Å². The molecule has 0 heteroatoms. The quantitative estimate of drug-likeness (QED) is 0.478. The molecule has 5 atom stereocenters. The summed E-state index contributed by atoms with van der Waals surface area (Å²) >= 11 is 0. The topological polar surface area (TPSA) is 0 Å². The molecule has 0 radical (unpaired) electrons. The van der Waals surface area contributed by atoms with Crippen LogP contribution < -0.4 is 0 Å². The standard InChI is InChI=1S/C12H16/c1-6-7(2)10-9-3-4-12(9)5-8(6)11(10)12/h8-11H,3-5H2,1-2H3. The number of fused-ring (bicyclic) bond motifs is 1. The van der Waals surface area contributed by atoms with Gasteiger partial charge in [0.25, 0.3) is 0 Å². The lowest BCUT2D eigenvalue weighted by Crippen LogP contribution is -2.70. The first-order chi connectivity index (χ1) is 5.76. The van der Waals surface area contributed by atoms with Crippen LogP contribution in [-0.4, -0.2) is 0 Å². The minimum absolute atomic E-state index is 0.925. The van der Waals surface area contributed by atoms with Gasteiger partial charge in [-0.15, -0.1) is 0 Å². The maximum atomic E-state index is 2.40. The van der Waals surface area contributed by atoms with Crippen LogP contribution >= 0.6 is 0 Å². The van der Waals surface area contributed by atoms with E-state index in [0.717, 1.165) is 29.1 Å². The Balaban J connectivity index is 1.86. The third-order valence-electron chi connectivity index (χ3n) is 5.86. The molecule has 0 nitrogen and oxygen atoms in total. The smallest absolute Gasteiger partial charge is 0.0130 e. The van der Waals surface area contributed by atoms with Crippen LogP contribution in [0.3, 0.4) is 0 Å². The van der Waals surface area contributed by atoms with Gasteiger partial charge in [-0.1, -0.05) is 11.1 Å². The Hall–Kier alpha value is -0.260. The second-order valence-electron chi connectivity index (χ2n) is 5.61. The van der Waals surface area contributed by atoms with Crippen molar-refractivity contribution in [3.8, 4) is 0 Å². The summed E-state index contributed by atoms with van der Waals surface area (Å²) in [5.41, 5.74) is 4.50. The molecule has 0 aliphatic heterocycles. The SMILES string of the molecule is CC1=C(C)C2C3CCC34CC1C24. The van der Waals surface area contributed by atoms with Gasteiger partial charge in [-0.3, -0.25) is 0 Å². The largest absolute Gasteiger partial charge is 0.0707 e. The molecular weight excluding hydrogens is 144 g/mol. The highest BCUT2D eigenvalue weighted by atomic mass is 14.8. The highest BCUT2D eigenvalue weighted by Gasteiger charge is 2.77. The lowest BCUT2D eigenvalue weighted by molar-refractivity contribution is -0.268. The third-order valence-corrected chi connectivity index (χ3v) is 5.86. The lowest BCUT2D eigenvalue weighted by atomic mass is 9.28. The van der Waals surface area contributed by atoms with E-state index in [-0.39, 0.29) is 0 Å². The van der Waals surface area contributed by atoms with Crippen LogP contribution in [-0.2, 0) is 0 Å². The van der Waals surface area contributed by atoms with Gasteiger partial charge in [-0.2, -0.15) is 0 Å². The van der Waals surface area contributed by atoms with Crippen molar-refractivity contribution in [1.29, 1.82) is 0 Å². The Morgan fingerprint density at radius 1 is 1.25 bits per heavy atom. The molecule has 0 aromatic heterocycles. The summed E-state index contributed by atoms with van der Waals surface area (Å²) in [6.07, 6.45) is 4.70. The Morgan fingerprint density at radius 3 is 2.67 bits per heavy atom. The molecule has 0 heterocycles. The number of allylic oxidation sites excluding steroid dienone is 2. The second kappa shape index (κ2) is 1.42. The van der Waals surface area contributed by atoms with Crippen molar-refractivity contribution < 1.29 is 0 Å². The van der Waals surface area contributed by atoms with Crippen molar-refractivity contribution in [2.75, 3.05) is 0 Å². The van der Waals surface area contributed by atoms with E-state index in [0.29, 0.717) is 0 Å². The van der Waals surface area contributed by atoms with Crippen molar-refractivity contribution in [2.45, 2.75) is 33.1 Å². The van der Waals surface area contributed by atoms with E-state index < -0.39 is 0 Å². The average Bonchev–Trinajstić information content (AvgIpc) is 2.08. The predicted octanol–water partition coefficient (Wildman–Crippen LogP) is 3.00. The molecule has 0 N–H and O–H groups in total. The number of hydrogen-bond donors (Lipinski definition) is 0. The van der Waals surface area contributed by atoms with Gasteiger partial charge in [0.2, 0.25) is 0 Å². The molecule has 0 bridgehead atoms. The summed E-state index contributed by atoms with van der Waals surface area (Å²) in [6, 6.07) is 0. The zero-order chi connectivity index (χ0) is 8.09. The molecule has 1 spiro atoms. The minimum atomic E-state index is 0.925. The summed E-state index contributed by atoms with van der Waals surface area (Å²) in [6.45, 7) is 4.80. The van der Waals surface area contributed by atoms with Gasteiger partial charge in [0.1, 0.15) is 0 Å². The monoisotopic (exact) mass is 160 g/mol. The van der Waals surface area contributed by atoms with E-state index in [9.17, 15) is 0 Å². The second-order valence-corrected chi connectivity index (χ2v) is 5.61. The van der Waals surface area contributed by atoms with Gasteiger partial charge in [0.05, 0.1) is 0 Å². The van der Waals surface area contributed by atoms with E-state index in [4.69, 9.17) is 0 Å². The number of hydrogen-bond acceptors (Lipinski definition) is 0. The molecule has 0 aromatic carbocycles. The predicted molar refractivity (Wildman–Crippen MR) is 48.6 cm³/mol. The molecular formula is C12H16. The van der Waals surface area contributed by atoms with Gasteiger partial charge in [0.15, 0.2) is 0 Å². The van der Waals surface area contributed by atoms with Gasteiger partial charge in [-0.05, 0) is 62.2 Å². The Kier molecular flexibility index (Phi) is 0.740.